The molecule has 4 atom stereocenters. The molecule has 3 N–H and O–H groups in total. The van der Waals surface area contributed by atoms with Crippen molar-refractivity contribution in [2.24, 2.45) is 17.1 Å². The van der Waals surface area contributed by atoms with Crippen molar-refractivity contribution in [1.29, 1.82) is 0 Å². The maximum Gasteiger partial charge on any atom is 0.224 e. The summed E-state index contributed by atoms with van der Waals surface area (Å²) in [5.41, 5.74) is 6.09. The third-order valence-corrected chi connectivity index (χ3v) is 4.63. The fraction of sp³-hybridized carbons (Fsp3) is 0.929. The number of rotatable bonds is 4. The maximum absolute atomic E-state index is 12.3. The summed E-state index contributed by atoms with van der Waals surface area (Å²) in [7, 11) is 0. The van der Waals surface area contributed by atoms with E-state index in [1.54, 1.807) is 0 Å². The van der Waals surface area contributed by atoms with Gasteiger partial charge < -0.3 is 15.8 Å². The van der Waals surface area contributed by atoms with Crippen LogP contribution in [0.3, 0.4) is 0 Å². The van der Waals surface area contributed by atoms with Gasteiger partial charge in [0.15, 0.2) is 0 Å². The monoisotopic (exact) mass is 254 g/mol. The van der Waals surface area contributed by atoms with E-state index in [1.807, 2.05) is 6.92 Å². The van der Waals surface area contributed by atoms with E-state index < -0.39 is 0 Å². The van der Waals surface area contributed by atoms with Crippen molar-refractivity contribution in [3.63, 3.8) is 0 Å². The number of ether oxygens (including phenoxy) is 1. The molecule has 2 rings (SSSR count). The van der Waals surface area contributed by atoms with Gasteiger partial charge >= 0.3 is 0 Å². The van der Waals surface area contributed by atoms with E-state index in [0.29, 0.717) is 6.61 Å². The summed E-state index contributed by atoms with van der Waals surface area (Å²) in [6.07, 6.45) is 4.25. The van der Waals surface area contributed by atoms with Gasteiger partial charge in [0.05, 0.1) is 12.1 Å². The standard InChI is InChI=1S/C14H26N2O2/c1-4-18-11-8-10(15)12(11)16-13(17)9-6-5-7-14(9,2)3/h9-12H,4-8,15H2,1-3H3,(H,16,17). The quantitative estimate of drug-likeness (QED) is 0.798. The molecule has 18 heavy (non-hydrogen) atoms. The van der Waals surface area contributed by atoms with E-state index in [-0.39, 0.29) is 35.4 Å². The van der Waals surface area contributed by atoms with Crippen LogP contribution in [0.15, 0.2) is 0 Å². The summed E-state index contributed by atoms with van der Waals surface area (Å²) < 4.78 is 5.58. The lowest BCUT2D eigenvalue weighted by Crippen LogP contribution is -2.65. The van der Waals surface area contributed by atoms with Crippen LogP contribution < -0.4 is 11.1 Å². The van der Waals surface area contributed by atoms with Crippen LogP contribution in [0.5, 0.6) is 0 Å². The Kier molecular flexibility index (Phi) is 3.97. The van der Waals surface area contributed by atoms with Crippen LogP contribution in [0.4, 0.5) is 0 Å². The smallest absolute Gasteiger partial charge is 0.224 e. The first kappa shape index (κ1) is 13.8. The molecule has 4 heteroatoms. The fourth-order valence-electron chi connectivity index (χ4n) is 3.30. The second kappa shape index (κ2) is 5.17. The molecular formula is C14H26N2O2. The lowest BCUT2D eigenvalue weighted by atomic mass is 9.79. The Balaban J connectivity index is 1.91. The van der Waals surface area contributed by atoms with Gasteiger partial charge in [0.25, 0.3) is 0 Å². The van der Waals surface area contributed by atoms with E-state index in [0.717, 1.165) is 25.7 Å². The summed E-state index contributed by atoms with van der Waals surface area (Å²) in [5.74, 6) is 0.301. The summed E-state index contributed by atoms with van der Waals surface area (Å²) in [6.45, 7) is 7.03. The Labute approximate surface area is 110 Å². The zero-order valence-electron chi connectivity index (χ0n) is 11.7. The zero-order chi connectivity index (χ0) is 13.3. The van der Waals surface area contributed by atoms with Gasteiger partial charge in [0, 0.05) is 18.6 Å². The van der Waals surface area contributed by atoms with Crippen LogP contribution in [-0.2, 0) is 9.53 Å². The molecule has 0 bridgehead atoms. The van der Waals surface area contributed by atoms with Crippen molar-refractivity contribution in [2.75, 3.05) is 6.61 Å². The molecule has 0 aromatic heterocycles. The molecule has 0 saturated heterocycles. The van der Waals surface area contributed by atoms with E-state index in [2.05, 4.69) is 19.2 Å². The molecule has 2 aliphatic carbocycles. The summed E-state index contributed by atoms with van der Waals surface area (Å²) >= 11 is 0. The minimum atomic E-state index is 0.00819. The van der Waals surface area contributed by atoms with Gasteiger partial charge in [0.1, 0.15) is 0 Å². The third-order valence-electron chi connectivity index (χ3n) is 4.63. The molecule has 0 spiro atoms. The van der Waals surface area contributed by atoms with Crippen molar-refractivity contribution in [2.45, 2.75) is 64.6 Å². The van der Waals surface area contributed by atoms with Gasteiger partial charge in [-0.2, -0.15) is 0 Å². The molecule has 104 valence electrons. The molecule has 2 saturated carbocycles. The SMILES string of the molecule is CCOC1CC(N)C1NC(=O)C1CCCC1(C)C. The van der Waals surface area contributed by atoms with Crippen molar-refractivity contribution in [1.82, 2.24) is 5.32 Å². The van der Waals surface area contributed by atoms with E-state index in [1.165, 1.54) is 0 Å². The second-order valence-electron chi connectivity index (χ2n) is 6.36. The first-order chi connectivity index (χ1) is 8.45. The summed E-state index contributed by atoms with van der Waals surface area (Å²) in [4.78, 5) is 12.3. The minimum absolute atomic E-state index is 0.00819. The maximum atomic E-state index is 12.3. The highest BCUT2D eigenvalue weighted by atomic mass is 16.5. The van der Waals surface area contributed by atoms with E-state index >= 15 is 0 Å². The Morgan fingerprint density at radius 2 is 2.22 bits per heavy atom. The molecule has 0 aromatic rings. The van der Waals surface area contributed by atoms with Gasteiger partial charge in [-0.3, -0.25) is 4.79 Å². The number of carbonyl (C=O) groups is 1. The number of amides is 1. The van der Waals surface area contributed by atoms with Crippen LogP contribution in [0.1, 0.15) is 46.5 Å². The first-order valence-corrected chi connectivity index (χ1v) is 7.13. The molecule has 0 aliphatic heterocycles. The average molecular weight is 254 g/mol. The molecule has 4 unspecified atom stereocenters. The van der Waals surface area contributed by atoms with Crippen molar-refractivity contribution in [3.05, 3.63) is 0 Å². The molecular weight excluding hydrogens is 228 g/mol. The Morgan fingerprint density at radius 1 is 1.50 bits per heavy atom. The fourth-order valence-corrected chi connectivity index (χ4v) is 3.30. The molecule has 2 aliphatic rings. The molecule has 0 radical (unpaired) electrons. The molecule has 4 nitrogen and oxygen atoms in total. The van der Waals surface area contributed by atoms with Crippen molar-refractivity contribution < 1.29 is 9.53 Å². The average Bonchev–Trinajstić information content (AvgIpc) is 2.65. The third kappa shape index (κ3) is 2.54. The number of hydrogen-bond acceptors (Lipinski definition) is 3. The van der Waals surface area contributed by atoms with E-state index in [4.69, 9.17) is 10.5 Å². The molecule has 2 fully saturated rings. The predicted octanol–water partition coefficient (Wildman–Crippen LogP) is 1.43. The Bertz CT molecular complexity index is 315. The number of hydrogen-bond donors (Lipinski definition) is 2. The van der Waals surface area contributed by atoms with Crippen molar-refractivity contribution in [3.8, 4) is 0 Å². The predicted molar refractivity (Wildman–Crippen MR) is 71.1 cm³/mol. The number of nitrogens with one attached hydrogen (secondary N) is 1. The van der Waals surface area contributed by atoms with Gasteiger partial charge in [0.2, 0.25) is 5.91 Å². The van der Waals surface area contributed by atoms with Crippen LogP contribution in [0.2, 0.25) is 0 Å². The highest BCUT2D eigenvalue weighted by molar-refractivity contribution is 5.80. The summed E-state index contributed by atoms with van der Waals surface area (Å²) in [5, 5.41) is 3.11. The molecule has 0 aromatic carbocycles. The largest absolute Gasteiger partial charge is 0.376 e. The van der Waals surface area contributed by atoms with Gasteiger partial charge in [-0.25, -0.2) is 0 Å². The normalized spacial score (nSPS) is 38.2. The lowest BCUT2D eigenvalue weighted by molar-refractivity contribution is -0.132. The van der Waals surface area contributed by atoms with Crippen molar-refractivity contribution >= 4 is 5.91 Å². The Hall–Kier alpha value is -0.610. The van der Waals surface area contributed by atoms with Gasteiger partial charge in [-0.05, 0) is 31.6 Å². The summed E-state index contributed by atoms with van der Waals surface area (Å²) in [6, 6.07) is 0.0591. The molecule has 1 amide bonds. The zero-order valence-corrected chi connectivity index (χ0v) is 11.7. The van der Waals surface area contributed by atoms with E-state index in [9.17, 15) is 4.79 Å². The van der Waals surface area contributed by atoms with Gasteiger partial charge in [-0.15, -0.1) is 0 Å². The second-order valence-corrected chi connectivity index (χ2v) is 6.36. The highest BCUT2D eigenvalue weighted by Crippen LogP contribution is 2.42. The van der Waals surface area contributed by atoms with Gasteiger partial charge in [-0.1, -0.05) is 20.3 Å². The minimum Gasteiger partial charge on any atom is -0.376 e. The topological polar surface area (TPSA) is 64.3 Å². The highest BCUT2D eigenvalue weighted by Gasteiger charge is 2.44. The Morgan fingerprint density at radius 3 is 2.72 bits per heavy atom. The van der Waals surface area contributed by atoms with Crippen LogP contribution in [0, 0.1) is 11.3 Å². The number of nitrogens with two attached hydrogens (primary N) is 1. The number of carbonyl (C=O) groups excluding carboxylic acids is 1. The van der Waals surface area contributed by atoms with Crippen LogP contribution >= 0.6 is 0 Å². The molecule has 0 heterocycles. The lowest BCUT2D eigenvalue weighted by Gasteiger charge is -2.43. The first-order valence-electron chi connectivity index (χ1n) is 7.13. The van der Waals surface area contributed by atoms with Crippen LogP contribution in [0.25, 0.3) is 0 Å². The van der Waals surface area contributed by atoms with Crippen LogP contribution in [-0.4, -0.2) is 30.7 Å².